The number of hydrogen-bond donors (Lipinski definition) is 1. The predicted molar refractivity (Wildman–Crippen MR) is 97.0 cm³/mol. The van der Waals surface area contributed by atoms with Gasteiger partial charge in [-0.1, -0.05) is 53.0 Å². The maximum absolute atomic E-state index is 6.15. The van der Waals surface area contributed by atoms with Crippen LogP contribution in [0.2, 0.25) is 10.0 Å². The summed E-state index contributed by atoms with van der Waals surface area (Å²) in [5.41, 5.74) is 2.68. The van der Waals surface area contributed by atoms with Crippen LogP contribution in [0.15, 0.2) is 47.6 Å². The van der Waals surface area contributed by atoms with Crippen molar-refractivity contribution in [1.29, 1.82) is 0 Å². The Kier molecular flexibility index (Phi) is 4.61. The van der Waals surface area contributed by atoms with Gasteiger partial charge in [0.2, 0.25) is 4.77 Å². The van der Waals surface area contributed by atoms with Crippen molar-refractivity contribution < 1.29 is 0 Å². The second-order valence-corrected chi connectivity index (χ2v) is 6.11. The highest BCUT2D eigenvalue weighted by molar-refractivity contribution is 7.71. The Balaban J connectivity index is 2.06. The fraction of sp³-hybridized carbons (Fsp3) is 0.0625. The first kappa shape index (κ1) is 15.9. The van der Waals surface area contributed by atoms with Gasteiger partial charge in [0.15, 0.2) is 5.82 Å². The van der Waals surface area contributed by atoms with Crippen molar-refractivity contribution in [3.05, 3.63) is 68.4 Å². The highest BCUT2D eigenvalue weighted by Gasteiger charge is 2.09. The molecule has 0 spiro atoms. The van der Waals surface area contributed by atoms with Gasteiger partial charge in [-0.25, -0.2) is 5.10 Å². The van der Waals surface area contributed by atoms with Gasteiger partial charge in [0.25, 0.3) is 0 Å². The highest BCUT2D eigenvalue weighted by Crippen LogP contribution is 2.23. The van der Waals surface area contributed by atoms with Gasteiger partial charge in [-0.3, -0.25) is 0 Å². The van der Waals surface area contributed by atoms with Gasteiger partial charge in [-0.15, -0.1) is 0 Å². The molecule has 1 aromatic heterocycles. The standard InChI is InChI=1S/C16H12Cl2N4S/c1-10-4-2-5-11(8-10)15-20-21-16(23)22(15)19-9-12-13(17)6-3-7-14(12)18/h2-9H,1H3,(H,21,23)/b19-9-. The van der Waals surface area contributed by atoms with Crippen LogP contribution in [-0.4, -0.2) is 21.1 Å². The minimum atomic E-state index is 0.390. The molecule has 0 saturated heterocycles. The molecule has 0 radical (unpaired) electrons. The number of nitrogens with one attached hydrogen (secondary N) is 1. The lowest BCUT2D eigenvalue weighted by atomic mass is 10.1. The third-order valence-electron chi connectivity index (χ3n) is 3.23. The Morgan fingerprint density at radius 1 is 1.17 bits per heavy atom. The van der Waals surface area contributed by atoms with Crippen LogP contribution >= 0.6 is 35.4 Å². The summed E-state index contributed by atoms with van der Waals surface area (Å²) in [6, 6.07) is 13.2. The summed E-state index contributed by atoms with van der Waals surface area (Å²) in [6.45, 7) is 2.02. The molecular weight excluding hydrogens is 351 g/mol. The minimum Gasteiger partial charge on any atom is -0.250 e. The summed E-state index contributed by atoms with van der Waals surface area (Å²) in [7, 11) is 0. The lowest BCUT2D eigenvalue weighted by molar-refractivity contribution is 0.871. The average molecular weight is 363 g/mol. The lowest BCUT2D eigenvalue weighted by Gasteiger charge is -2.03. The zero-order valence-corrected chi connectivity index (χ0v) is 14.5. The molecule has 1 N–H and O–H groups in total. The van der Waals surface area contributed by atoms with Gasteiger partial charge < -0.3 is 0 Å². The molecular formula is C16H12Cl2N4S. The molecule has 23 heavy (non-hydrogen) atoms. The van der Waals surface area contributed by atoms with E-state index in [4.69, 9.17) is 35.4 Å². The van der Waals surface area contributed by atoms with E-state index >= 15 is 0 Å². The van der Waals surface area contributed by atoms with Crippen LogP contribution in [0.5, 0.6) is 0 Å². The van der Waals surface area contributed by atoms with Crippen molar-refractivity contribution >= 4 is 41.6 Å². The number of rotatable bonds is 3. The predicted octanol–water partition coefficient (Wildman–Crippen LogP) is 5.11. The van der Waals surface area contributed by atoms with E-state index in [-0.39, 0.29) is 0 Å². The zero-order chi connectivity index (χ0) is 16.4. The number of aryl methyl sites for hydroxylation is 1. The Hall–Kier alpha value is -1.95. The summed E-state index contributed by atoms with van der Waals surface area (Å²) in [5.74, 6) is 0.623. The number of hydrogen-bond acceptors (Lipinski definition) is 3. The van der Waals surface area contributed by atoms with Crippen molar-refractivity contribution in [1.82, 2.24) is 14.9 Å². The smallest absolute Gasteiger partial charge is 0.216 e. The molecule has 0 amide bonds. The molecule has 0 fully saturated rings. The normalized spacial score (nSPS) is 11.3. The van der Waals surface area contributed by atoms with Gasteiger partial charge in [0.05, 0.1) is 16.3 Å². The molecule has 7 heteroatoms. The van der Waals surface area contributed by atoms with E-state index in [2.05, 4.69) is 15.3 Å². The topological polar surface area (TPSA) is 46.0 Å². The summed E-state index contributed by atoms with van der Waals surface area (Å²) in [4.78, 5) is 0. The van der Waals surface area contributed by atoms with Gasteiger partial charge in [-0.05, 0) is 37.3 Å². The summed E-state index contributed by atoms with van der Waals surface area (Å²) in [6.07, 6.45) is 1.58. The number of nitrogens with zero attached hydrogens (tertiary/aromatic N) is 3. The number of aromatic nitrogens is 3. The first-order valence-electron chi connectivity index (χ1n) is 6.79. The first-order chi connectivity index (χ1) is 11.1. The van der Waals surface area contributed by atoms with Crippen LogP contribution in [0, 0.1) is 11.7 Å². The van der Waals surface area contributed by atoms with E-state index in [1.54, 1.807) is 29.1 Å². The van der Waals surface area contributed by atoms with Crippen molar-refractivity contribution in [2.45, 2.75) is 6.92 Å². The molecule has 3 aromatic rings. The van der Waals surface area contributed by atoms with E-state index in [1.807, 2.05) is 31.2 Å². The summed E-state index contributed by atoms with van der Waals surface area (Å²) >= 11 is 17.6. The van der Waals surface area contributed by atoms with Crippen molar-refractivity contribution in [2.75, 3.05) is 0 Å². The Bertz CT molecular complexity index is 923. The second kappa shape index (κ2) is 6.66. The van der Waals surface area contributed by atoms with E-state index in [9.17, 15) is 0 Å². The molecule has 2 aromatic carbocycles. The Morgan fingerprint density at radius 3 is 2.57 bits per heavy atom. The van der Waals surface area contributed by atoms with E-state index < -0.39 is 0 Å². The number of aromatic amines is 1. The fourth-order valence-electron chi connectivity index (χ4n) is 2.12. The average Bonchev–Trinajstić information content (AvgIpc) is 2.88. The van der Waals surface area contributed by atoms with Crippen molar-refractivity contribution in [3.8, 4) is 11.4 Å². The maximum atomic E-state index is 6.15. The molecule has 116 valence electrons. The number of H-pyrrole nitrogens is 1. The second-order valence-electron chi connectivity index (χ2n) is 4.91. The van der Waals surface area contributed by atoms with Crippen LogP contribution in [0.25, 0.3) is 11.4 Å². The van der Waals surface area contributed by atoms with E-state index in [0.29, 0.717) is 26.2 Å². The third kappa shape index (κ3) is 3.37. The third-order valence-corrected chi connectivity index (χ3v) is 4.15. The Labute approximate surface area is 148 Å². The zero-order valence-electron chi connectivity index (χ0n) is 12.1. The minimum absolute atomic E-state index is 0.390. The van der Waals surface area contributed by atoms with Gasteiger partial charge in [-0.2, -0.15) is 14.9 Å². The molecule has 0 saturated carbocycles. The molecule has 3 rings (SSSR count). The van der Waals surface area contributed by atoms with Gasteiger partial charge in [0, 0.05) is 11.1 Å². The molecule has 0 bridgehead atoms. The SMILES string of the molecule is Cc1cccc(-c2n[nH]c(=S)n2/N=C\c2c(Cl)cccc2Cl)c1. The fourth-order valence-corrected chi connectivity index (χ4v) is 2.79. The van der Waals surface area contributed by atoms with Gasteiger partial charge in [0.1, 0.15) is 0 Å². The quantitative estimate of drug-likeness (QED) is 0.520. The molecule has 0 aliphatic carbocycles. The number of benzene rings is 2. The number of halogens is 2. The van der Waals surface area contributed by atoms with Crippen molar-refractivity contribution in [3.63, 3.8) is 0 Å². The van der Waals surface area contributed by atoms with E-state index in [1.165, 1.54) is 0 Å². The van der Waals surface area contributed by atoms with Crippen LogP contribution in [0.4, 0.5) is 0 Å². The largest absolute Gasteiger partial charge is 0.250 e. The molecule has 0 atom stereocenters. The molecule has 0 aliphatic heterocycles. The lowest BCUT2D eigenvalue weighted by Crippen LogP contribution is -1.96. The molecule has 0 aliphatic rings. The maximum Gasteiger partial charge on any atom is 0.216 e. The van der Waals surface area contributed by atoms with Crippen LogP contribution in [0.3, 0.4) is 0 Å². The van der Waals surface area contributed by atoms with Crippen LogP contribution < -0.4 is 0 Å². The summed E-state index contributed by atoms with van der Waals surface area (Å²) in [5, 5.41) is 12.4. The van der Waals surface area contributed by atoms with Crippen LogP contribution in [-0.2, 0) is 0 Å². The first-order valence-corrected chi connectivity index (χ1v) is 7.95. The Morgan fingerprint density at radius 2 is 1.87 bits per heavy atom. The van der Waals surface area contributed by atoms with Crippen LogP contribution in [0.1, 0.15) is 11.1 Å². The van der Waals surface area contributed by atoms with E-state index in [0.717, 1.165) is 11.1 Å². The molecule has 0 unspecified atom stereocenters. The molecule has 1 heterocycles. The van der Waals surface area contributed by atoms with Crippen molar-refractivity contribution in [2.24, 2.45) is 5.10 Å². The molecule has 4 nitrogen and oxygen atoms in total. The van der Waals surface area contributed by atoms with Gasteiger partial charge >= 0.3 is 0 Å². The summed E-state index contributed by atoms with van der Waals surface area (Å²) < 4.78 is 1.94. The highest BCUT2D eigenvalue weighted by atomic mass is 35.5. The monoisotopic (exact) mass is 362 g/mol.